The van der Waals surface area contributed by atoms with Crippen molar-refractivity contribution in [3.63, 3.8) is 0 Å². The van der Waals surface area contributed by atoms with E-state index >= 15 is 0 Å². The molecule has 1 rings (SSSR count). The Balaban J connectivity index is 3.27. The van der Waals surface area contributed by atoms with Crippen molar-refractivity contribution in [1.82, 2.24) is 0 Å². The van der Waals surface area contributed by atoms with E-state index in [2.05, 4.69) is 15.9 Å². The Morgan fingerprint density at radius 2 is 1.92 bits per heavy atom. The normalized spacial score (nSPS) is 10.8. The van der Waals surface area contributed by atoms with Gasteiger partial charge in [0.15, 0.2) is 0 Å². The number of rotatable bonds is 1. The molecule has 0 spiro atoms. The molecule has 0 amide bonds. The second-order valence-electron chi connectivity index (χ2n) is 2.07. The lowest BCUT2D eigenvalue weighted by atomic mass is 10.2. The minimum absolute atomic E-state index is 0.186. The lowest BCUT2D eigenvalue weighted by Gasteiger charge is -2.04. The molecule has 0 heterocycles. The lowest BCUT2D eigenvalue weighted by Crippen LogP contribution is -1.94. The Morgan fingerprint density at radius 3 is 2.42 bits per heavy atom. The first-order valence-electron chi connectivity index (χ1n) is 2.95. The molecule has 0 fully saturated rings. The number of hydrogen-bond donors (Lipinski definition) is 0. The van der Waals surface area contributed by atoms with Crippen molar-refractivity contribution < 1.29 is 13.2 Å². The van der Waals surface area contributed by atoms with Crippen LogP contribution in [0, 0.1) is 9.39 Å². The highest BCUT2D eigenvalue weighted by molar-refractivity contribution is 14.1. The Bertz CT molecular complexity index is 301. The van der Waals surface area contributed by atoms with E-state index in [9.17, 15) is 13.2 Å². The van der Waals surface area contributed by atoms with Gasteiger partial charge >= 0.3 is 0 Å². The van der Waals surface area contributed by atoms with Gasteiger partial charge in [-0.1, -0.05) is 0 Å². The summed E-state index contributed by atoms with van der Waals surface area (Å²) in [5, 5.41) is 0. The second-order valence-corrected chi connectivity index (χ2v) is 4.00. The summed E-state index contributed by atoms with van der Waals surface area (Å²) in [4.78, 5) is 0. The van der Waals surface area contributed by atoms with Crippen molar-refractivity contribution in [1.29, 1.82) is 0 Å². The molecule has 0 bridgehead atoms. The fourth-order valence-corrected chi connectivity index (χ4v) is 1.51. The topological polar surface area (TPSA) is 0 Å². The third kappa shape index (κ3) is 1.93. The highest BCUT2D eigenvalue weighted by atomic mass is 127. The number of alkyl halides is 2. The van der Waals surface area contributed by atoms with Gasteiger partial charge in [-0.25, -0.2) is 13.2 Å². The molecule has 66 valence electrons. The van der Waals surface area contributed by atoms with Crippen molar-refractivity contribution in [2.75, 3.05) is 0 Å². The van der Waals surface area contributed by atoms with E-state index in [1.54, 1.807) is 22.6 Å². The molecule has 0 atom stereocenters. The average molecular weight is 351 g/mol. The Morgan fingerprint density at radius 1 is 1.33 bits per heavy atom. The highest BCUT2D eigenvalue weighted by Crippen LogP contribution is 2.29. The molecule has 0 unspecified atom stereocenters. The van der Waals surface area contributed by atoms with Gasteiger partial charge in [-0.2, -0.15) is 0 Å². The van der Waals surface area contributed by atoms with Crippen molar-refractivity contribution in [3.05, 3.63) is 31.6 Å². The fourth-order valence-electron chi connectivity index (χ4n) is 0.709. The van der Waals surface area contributed by atoms with E-state index in [0.29, 0.717) is 4.47 Å². The fraction of sp³-hybridized carbons (Fsp3) is 0.143. The number of benzene rings is 1. The monoisotopic (exact) mass is 350 g/mol. The molecule has 0 aliphatic rings. The molecule has 0 aliphatic carbocycles. The largest absolute Gasteiger partial charge is 0.266 e. The Labute approximate surface area is 89.4 Å². The summed E-state index contributed by atoms with van der Waals surface area (Å²) in [5.41, 5.74) is -0.553. The first kappa shape index (κ1) is 10.3. The zero-order chi connectivity index (χ0) is 9.30. The van der Waals surface area contributed by atoms with E-state index in [1.807, 2.05) is 0 Å². The first-order valence-corrected chi connectivity index (χ1v) is 4.82. The van der Waals surface area contributed by atoms with Crippen molar-refractivity contribution in [2.45, 2.75) is 6.43 Å². The number of hydrogen-bond acceptors (Lipinski definition) is 0. The maximum atomic E-state index is 13.0. The van der Waals surface area contributed by atoms with Crippen molar-refractivity contribution in [3.8, 4) is 0 Å². The summed E-state index contributed by atoms with van der Waals surface area (Å²) >= 11 is 4.71. The van der Waals surface area contributed by atoms with Crippen LogP contribution in [0.2, 0.25) is 0 Å². The van der Waals surface area contributed by atoms with E-state index in [1.165, 1.54) is 6.07 Å². The van der Waals surface area contributed by atoms with Gasteiger partial charge in [-0.15, -0.1) is 0 Å². The SMILES string of the molecule is Fc1c(C(F)F)ccc(Br)c1I. The maximum Gasteiger partial charge on any atom is 0.266 e. The highest BCUT2D eigenvalue weighted by Gasteiger charge is 2.16. The van der Waals surface area contributed by atoms with Crippen LogP contribution in [-0.4, -0.2) is 0 Å². The molecule has 0 saturated carbocycles. The van der Waals surface area contributed by atoms with E-state index < -0.39 is 17.8 Å². The van der Waals surface area contributed by atoms with Crippen LogP contribution in [0.1, 0.15) is 12.0 Å². The average Bonchev–Trinajstić information content (AvgIpc) is 2.00. The smallest absolute Gasteiger partial charge is 0.205 e. The molecule has 0 nitrogen and oxygen atoms in total. The third-order valence-corrected chi connectivity index (χ3v) is 3.76. The third-order valence-electron chi connectivity index (χ3n) is 1.30. The molecule has 0 aliphatic heterocycles. The van der Waals surface area contributed by atoms with E-state index in [4.69, 9.17) is 0 Å². The predicted octanol–water partition coefficient (Wildman–Crippen LogP) is 4.13. The standard InChI is InChI=1S/C7H3BrF3I/c8-4-2-1-3(7(10)11)5(9)6(4)12/h1-2,7H. The van der Waals surface area contributed by atoms with Crippen LogP contribution < -0.4 is 0 Å². The molecular weight excluding hydrogens is 348 g/mol. The van der Waals surface area contributed by atoms with Gasteiger partial charge < -0.3 is 0 Å². The second kappa shape index (κ2) is 3.95. The molecule has 0 saturated heterocycles. The van der Waals surface area contributed by atoms with E-state index in [0.717, 1.165) is 6.07 Å². The Kier molecular flexibility index (Phi) is 3.39. The molecule has 1 aromatic rings. The summed E-state index contributed by atoms with van der Waals surface area (Å²) < 4.78 is 37.8. The minimum atomic E-state index is -2.76. The first-order chi connectivity index (χ1) is 5.54. The summed E-state index contributed by atoms with van der Waals surface area (Å²) in [6.07, 6.45) is -2.76. The summed E-state index contributed by atoms with van der Waals surface area (Å²) in [7, 11) is 0. The zero-order valence-corrected chi connectivity index (χ0v) is 9.37. The van der Waals surface area contributed by atoms with Crippen LogP contribution >= 0.6 is 38.5 Å². The van der Waals surface area contributed by atoms with Gasteiger partial charge in [-0.3, -0.25) is 0 Å². The lowest BCUT2D eigenvalue weighted by molar-refractivity contribution is 0.146. The zero-order valence-electron chi connectivity index (χ0n) is 5.62. The molecule has 5 heteroatoms. The van der Waals surface area contributed by atoms with Gasteiger partial charge in [0, 0.05) is 4.47 Å². The summed E-state index contributed by atoms with van der Waals surface area (Å²) in [5.74, 6) is -0.847. The van der Waals surface area contributed by atoms with Gasteiger partial charge in [0.1, 0.15) is 5.82 Å². The summed E-state index contributed by atoms with van der Waals surface area (Å²) in [6, 6.07) is 2.48. The minimum Gasteiger partial charge on any atom is -0.205 e. The van der Waals surface area contributed by atoms with Crippen LogP contribution in [0.3, 0.4) is 0 Å². The molecule has 0 radical (unpaired) electrons. The van der Waals surface area contributed by atoms with Crippen LogP contribution in [0.4, 0.5) is 13.2 Å². The van der Waals surface area contributed by atoms with Gasteiger partial charge in [0.25, 0.3) is 6.43 Å². The molecule has 1 aromatic carbocycles. The predicted molar refractivity (Wildman–Crippen MR) is 51.8 cm³/mol. The maximum absolute atomic E-state index is 13.0. The number of halogens is 5. The molecule has 12 heavy (non-hydrogen) atoms. The van der Waals surface area contributed by atoms with E-state index in [-0.39, 0.29) is 3.57 Å². The Hall–Kier alpha value is 0.220. The van der Waals surface area contributed by atoms with Crippen molar-refractivity contribution in [2.24, 2.45) is 0 Å². The quantitative estimate of drug-likeness (QED) is 0.527. The molecular formula is C7H3BrF3I. The molecule has 0 N–H and O–H groups in total. The van der Waals surface area contributed by atoms with Gasteiger partial charge in [0.05, 0.1) is 9.13 Å². The van der Waals surface area contributed by atoms with Crippen LogP contribution in [0.5, 0.6) is 0 Å². The summed E-state index contributed by atoms with van der Waals surface area (Å²) in [6.45, 7) is 0. The van der Waals surface area contributed by atoms with Crippen molar-refractivity contribution >= 4 is 38.5 Å². The van der Waals surface area contributed by atoms with Crippen LogP contribution in [0.25, 0.3) is 0 Å². The van der Waals surface area contributed by atoms with Gasteiger partial charge in [-0.05, 0) is 50.7 Å². The van der Waals surface area contributed by atoms with Gasteiger partial charge in [0.2, 0.25) is 0 Å². The molecule has 0 aromatic heterocycles. The van der Waals surface area contributed by atoms with Crippen LogP contribution in [-0.2, 0) is 0 Å². The van der Waals surface area contributed by atoms with Crippen LogP contribution in [0.15, 0.2) is 16.6 Å².